The van der Waals surface area contributed by atoms with Crippen molar-refractivity contribution in [3.8, 4) is 5.75 Å². The van der Waals surface area contributed by atoms with Crippen LogP contribution in [-0.2, 0) is 12.1 Å². The summed E-state index contributed by atoms with van der Waals surface area (Å²) >= 11 is 1.57. The van der Waals surface area contributed by atoms with Crippen molar-refractivity contribution < 1.29 is 31.3 Å². The van der Waals surface area contributed by atoms with Gasteiger partial charge in [0, 0.05) is 6.42 Å². The van der Waals surface area contributed by atoms with Gasteiger partial charge in [-0.3, -0.25) is 0 Å². The third kappa shape index (κ3) is 6.66. The number of hydrogen-bond acceptors (Lipinski definition) is 5. The Morgan fingerprint density at radius 3 is 2.29 bits per heavy atom. The van der Waals surface area contributed by atoms with Gasteiger partial charge in [-0.25, -0.2) is 0 Å². The van der Waals surface area contributed by atoms with Crippen LogP contribution in [0.1, 0.15) is 54.1 Å². The van der Waals surface area contributed by atoms with E-state index in [0.717, 1.165) is 58.2 Å². The molecule has 1 N–H and O–H groups in total. The second-order valence-corrected chi connectivity index (χ2v) is 10.9. The van der Waals surface area contributed by atoms with E-state index in [-0.39, 0.29) is 22.9 Å². The fourth-order valence-corrected chi connectivity index (χ4v) is 6.10. The average Bonchev–Trinajstić information content (AvgIpc) is 3.31. The molecular formula is C27H36BrN3O2S. The summed E-state index contributed by atoms with van der Waals surface area (Å²) in [5, 5.41) is 22.8. The van der Waals surface area contributed by atoms with Crippen LogP contribution < -0.4 is 21.7 Å². The maximum Gasteiger partial charge on any atom is 0.172 e. The van der Waals surface area contributed by atoms with Gasteiger partial charge in [0.05, 0.1) is 27.2 Å². The molecule has 184 valence electrons. The third-order valence-corrected chi connectivity index (χ3v) is 7.72. The molecule has 4 rings (SSSR count). The molecule has 7 heteroatoms. The van der Waals surface area contributed by atoms with Gasteiger partial charge in [-0.15, -0.1) is 10.2 Å². The zero-order valence-electron chi connectivity index (χ0n) is 20.2. The molecule has 1 unspecified atom stereocenters. The Balaban J connectivity index is 0.00000324. The highest BCUT2D eigenvalue weighted by Crippen LogP contribution is 2.44. The zero-order valence-corrected chi connectivity index (χ0v) is 22.6. The van der Waals surface area contributed by atoms with E-state index in [1.165, 1.54) is 19.3 Å². The van der Waals surface area contributed by atoms with Crippen LogP contribution in [0, 0.1) is 5.92 Å². The molecule has 1 atom stereocenters. The monoisotopic (exact) mass is 545 g/mol. The lowest BCUT2D eigenvalue weighted by Crippen LogP contribution is -3.00. The summed E-state index contributed by atoms with van der Waals surface area (Å²) in [6.07, 6.45) is 6.61. The van der Waals surface area contributed by atoms with Crippen molar-refractivity contribution in [3.05, 3.63) is 76.2 Å². The van der Waals surface area contributed by atoms with E-state index in [0.29, 0.717) is 6.61 Å². The second-order valence-electron chi connectivity index (χ2n) is 9.80. The topological polar surface area (TPSA) is 55.2 Å². The largest absolute Gasteiger partial charge is 1.00 e. The Bertz CT molecular complexity index is 993. The van der Waals surface area contributed by atoms with Crippen LogP contribution in [0.2, 0.25) is 0 Å². The van der Waals surface area contributed by atoms with Gasteiger partial charge in [0.1, 0.15) is 17.9 Å². The van der Waals surface area contributed by atoms with Crippen LogP contribution in [0.5, 0.6) is 5.75 Å². The van der Waals surface area contributed by atoms with Gasteiger partial charge in [-0.1, -0.05) is 79.1 Å². The predicted molar refractivity (Wildman–Crippen MR) is 133 cm³/mol. The molecule has 1 fully saturated rings. The summed E-state index contributed by atoms with van der Waals surface area (Å²) < 4.78 is 6.65. The summed E-state index contributed by atoms with van der Waals surface area (Å²) in [5.74, 6) is 1.10. The SMILES string of the molecule is C[N+](C)(CCCOc1ccccc1)Cc1nnc(C(O)(c2ccccc2)C2CCCCC2)s1.[Br-]. The van der Waals surface area contributed by atoms with Crippen LogP contribution >= 0.6 is 11.3 Å². The minimum absolute atomic E-state index is 0. The molecule has 0 aliphatic heterocycles. The van der Waals surface area contributed by atoms with Crippen molar-refractivity contribution in [2.75, 3.05) is 27.2 Å². The first-order valence-electron chi connectivity index (χ1n) is 12.1. The van der Waals surface area contributed by atoms with Gasteiger partial charge < -0.3 is 31.3 Å². The van der Waals surface area contributed by atoms with E-state index in [4.69, 9.17) is 4.74 Å². The van der Waals surface area contributed by atoms with E-state index in [2.05, 4.69) is 24.3 Å². The number of nitrogens with zero attached hydrogens (tertiary/aromatic N) is 3. The summed E-state index contributed by atoms with van der Waals surface area (Å²) in [6, 6.07) is 20.0. The van der Waals surface area contributed by atoms with Gasteiger partial charge in [-0.2, -0.15) is 0 Å². The van der Waals surface area contributed by atoms with Crippen molar-refractivity contribution in [1.82, 2.24) is 10.2 Å². The Hall–Kier alpha value is -1.80. The molecule has 0 radical (unpaired) electrons. The normalized spacial score (nSPS) is 16.4. The molecule has 2 aromatic carbocycles. The van der Waals surface area contributed by atoms with Gasteiger partial charge >= 0.3 is 0 Å². The summed E-state index contributed by atoms with van der Waals surface area (Å²) in [4.78, 5) is 0. The average molecular weight is 547 g/mol. The lowest BCUT2D eigenvalue weighted by molar-refractivity contribution is -0.903. The van der Waals surface area contributed by atoms with Crippen LogP contribution in [0.15, 0.2) is 60.7 Å². The predicted octanol–water partition coefficient (Wildman–Crippen LogP) is 2.40. The standard InChI is InChI=1S/C27H36N3O2S.BrH/c1-30(2,19-12-20-32-24-17-10-5-11-18-24)21-25-28-29-26(33-25)27(31,22-13-6-3-7-14-22)23-15-8-4-9-16-23;/h3,5-7,10-11,13-14,17-18,23,31H,4,8-9,12,15-16,19-21H2,1-2H3;1H/q+1;/p-1. The fourth-order valence-electron chi connectivity index (χ4n) is 4.86. The van der Waals surface area contributed by atoms with Crippen molar-refractivity contribution >= 4 is 11.3 Å². The van der Waals surface area contributed by atoms with Crippen LogP contribution in [0.3, 0.4) is 0 Å². The van der Waals surface area contributed by atoms with Crippen molar-refractivity contribution in [2.24, 2.45) is 5.92 Å². The quantitative estimate of drug-likeness (QED) is 0.314. The number of benzene rings is 2. The number of aromatic nitrogens is 2. The van der Waals surface area contributed by atoms with Crippen molar-refractivity contribution in [2.45, 2.75) is 50.7 Å². The first kappa shape index (κ1) is 26.8. The Morgan fingerprint density at radius 2 is 1.62 bits per heavy atom. The van der Waals surface area contributed by atoms with Gasteiger partial charge in [0.15, 0.2) is 10.0 Å². The molecule has 34 heavy (non-hydrogen) atoms. The van der Waals surface area contributed by atoms with Crippen LogP contribution in [0.4, 0.5) is 0 Å². The highest BCUT2D eigenvalue weighted by atomic mass is 79.9. The first-order chi connectivity index (χ1) is 16.0. The van der Waals surface area contributed by atoms with Crippen molar-refractivity contribution in [1.29, 1.82) is 0 Å². The molecule has 1 heterocycles. The number of halogens is 1. The number of quaternary nitrogens is 1. The molecule has 3 aromatic rings. The first-order valence-corrected chi connectivity index (χ1v) is 12.9. The molecular weight excluding hydrogens is 510 g/mol. The van der Waals surface area contributed by atoms with Crippen LogP contribution in [-0.4, -0.2) is 47.0 Å². The minimum Gasteiger partial charge on any atom is -1.00 e. The maximum absolute atomic E-state index is 12.1. The maximum atomic E-state index is 12.1. The molecule has 0 saturated heterocycles. The van der Waals surface area contributed by atoms with E-state index in [1.807, 2.05) is 60.7 Å². The van der Waals surface area contributed by atoms with Crippen molar-refractivity contribution in [3.63, 3.8) is 0 Å². The second kappa shape index (κ2) is 12.2. The molecule has 0 spiro atoms. The number of rotatable bonds is 10. The fraction of sp³-hybridized carbons (Fsp3) is 0.481. The van der Waals surface area contributed by atoms with E-state index >= 15 is 0 Å². The van der Waals surface area contributed by atoms with Gasteiger partial charge in [0.2, 0.25) is 0 Å². The van der Waals surface area contributed by atoms with E-state index in [9.17, 15) is 5.11 Å². The molecule has 1 saturated carbocycles. The lowest BCUT2D eigenvalue weighted by atomic mass is 9.73. The molecule has 0 amide bonds. The number of aliphatic hydroxyl groups is 1. The van der Waals surface area contributed by atoms with E-state index in [1.54, 1.807) is 11.3 Å². The Kier molecular flexibility index (Phi) is 9.65. The number of hydrogen-bond donors (Lipinski definition) is 1. The summed E-state index contributed by atoms with van der Waals surface area (Å²) in [7, 11) is 4.43. The molecule has 1 aliphatic carbocycles. The number of para-hydroxylation sites is 1. The Morgan fingerprint density at radius 1 is 0.971 bits per heavy atom. The lowest BCUT2D eigenvalue weighted by Gasteiger charge is -2.37. The zero-order chi connectivity index (χ0) is 23.2. The van der Waals surface area contributed by atoms with Gasteiger partial charge in [0.25, 0.3) is 0 Å². The highest BCUT2D eigenvalue weighted by molar-refractivity contribution is 7.11. The summed E-state index contributed by atoms with van der Waals surface area (Å²) in [5.41, 5.74) is -0.121. The summed E-state index contributed by atoms with van der Waals surface area (Å²) in [6.45, 7) is 2.47. The van der Waals surface area contributed by atoms with Gasteiger partial charge in [-0.05, 0) is 36.5 Å². The smallest absolute Gasteiger partial charge is 0.172 e. The van der Waals surface area contributed by atoms with E-state index < -0.39 is 5.60 Å². The number of ether oxygens (including phenoxy) is 1. The highest BCUT2D eigenvalue weighted by Gasteiger charge is 2.43. The minimum atomic E-state index is -1.06. The molecule has 5 nitrogen and oxygen atoms in total. The third-order valence-electron chi connectivity index (χ3n) is 6.69. The Labute approximate surface area is 218 Å². The molecule has 1 aliphatic rings. The molecule has 1 aromatic heterocycles. The van der Waals surface area contributed by atoms with Crippen LogP contribution in [0.25, 0.3) is 0 Å². The molecule has 0 bridgehead atoms.